The van der Waals surface area contributed by atoms with Gasteiger partial charge in [0.1, 0.15) is 6.10 Å². The lowest BCUT2D eigenvalue weighted by Gasteiger charge is -2.22. The Hall–Kier alpha value is -1.10. The second kappa shape index (κ2) is 6.34. The predicted octanol–water partition coefficient (Wildman–Crippen LogP) is 3.63. The largest absolute Gasteiger partial charge is 0.468 e. The molecule has 1 saturated heterocycles. The van der Waals surface area contributed by atoms with Crippen LogP contribution in [0, 0.1) is 0 Å². The molecule has 5 heteroatoms. The number of hydrogen-bond acceptors (Lipinski definition) is 4. The van der Waals surface area contributed by atoms with Crippen LogP contribution >= 0.6 is 11.6 Å². The Balaban J connectivity index is 1.80. The maximum atomic E-state index is 10.3. The first kappa shape index (κ1) is 14.8. The number of ether oxygens (including phenoxy) is 3. The number of carbonyl (C=O) groups is 1. The van der Waals surface area contributed by atoms with Crippen molar-refractivity contribution in [2.45, 2.75) is 50.1 Å². The minimum Gasteiger partial charge on any atom is -0.468 e. The second-order valence-electron chi connectivity index (χ2n) is 5.59. The molecule has 1 aromatic carbocycles. The van der Waals surface area contributed by atoms with E-state index in [1.807, 2.05) is 24.3 Å². The van der Waals surface area contributed by atoms with Gasteiger partial charge < -0.3 is 14.2 Å². The molecule has 1 saturated carbocycles. The summed E-state index contributed by atoms with van der Waals surface area (Å²) in [5, 5.41) is 0.683. The summed E-state index contributed by atoms with van der Waals surface area (Å²) >= 11 is 6.30. The summed E-state index contributed by atoms with van der Waals surface area (Å²) in [4.78, 5) is 10.3. The van der Waals surface area contributed by atoms with Crippen LogP contribution in [0.3, 0.4) is 0 Å². The predicted molar refractivity (Wildman–Crippen MR) is 78.0 cm³/mol. The molecule has 2 atom stereocenters. The highest BCUT2D eigenvalue weighted by atomic mass is 35.5. The lowest BCUT2D eigenvalue weighted by atomic mass is 10.0. The normalized spacial score (nSPS) is 27.1. The number of carbonyl (C=O) groups excluding carboxylic acids is 1. The van der Waals surface area contributed by atoms with Gasteiger partial charge in [-0.1, -0.05) is 29.8 Å². The highest BCUT2D eigenvalue weighted by molar-refractivity contribution is 6.31. The molecule has 1 spiro atoms. The zero-order chi connectivity index (χ0) is 14.7. The third-order valence-corrected chi connectivity index (χ3v) is 4.56. The molecule has 0 radical (unpaired) electrons. The maximum Gasteiger partial charge on any atom is 0.293 e. The van der Waals surface area contributed by atoms with Gasteiger partial charge in [-0.05, 0) is 18.9 Å². The fourth-order valence-corrected chi connectivity index (χ4v) is 3.48. The number of hydrogen-bond donors (Lipinski definition) is 0. The summed E-state index contributed by atoms with van der Waals surface area (Å²) in [5.74, 6) is -0.477. The van der Waals surface area contributed by atoms with Gasteiger partial charge in [-0.3, -0.25) is 4.79 Å². The molecule has 1 heterocycles. The average molecular weight is 311 g/mol. The van der Waals surface area contributed by atoms with Gasteiger partial charge in [-0.25, -0.2) is 0 Å². The Kier molecular flexibility index (Phi) is 4.48. The Morgan fingerprint density at radius 3 is 2.76 bits per heavy atom. The van der Waals surface area contributed by atoms with E-state index in [1.54, 1.807) is 0 Å². The standard InChI is InChI=1S/C16H19ClO4/c17-13-6-2-1-5-12(13)15-14(7-10-19-11-18)20-16(21-15)8-3-4-9-16/h1-2,5-6,11,14-15H,3-4,7-10H2/t14-,15-/m1/s1. The first-order chi connectivity index (χ1) is 10.2. The highest BCUT2D eigenvalue weighted by Crippen LogP contribution is 2.48. The van der Waals surface area contributed by atoms with Crippen LogP contribution in [0.4, 0.5) is 0 Å². The molecule has 2 fully saturated rings. The topological polar surface area (TPSA) is 44.8 Å². The van der Waals surface area contributed by atoms with Crippen molar-refractivity contribution in [3.8, 4) is 0 Å². The zero-order valence-corrected chi connectivity index (χ0v) is 12.6. The summed E-state index contributed by atoms with van der Waals surface area (Å²) in [6.45, 7) is 0.792. The van der Waals surface area contributed by atoms with E-state index in [4.69, 9.17) is 25.8 Å². The van der Waals surface area contributed by atoms with E-state index in [0.29, 0.717) is 24.5 Å². The number of benzene rings is 1. The smallest absolute Gasteiger partial charge is 0.293 e. The summed E-state index contributed by atoms with van der Waals surface area (Å²) < 4.78 is 17.3. The molecule has 0 N–H and O–H groups in total. The summed E-state index contributed by atoms with van der Waals surface area (Å²) in [6.07, 6.45) is 4.34. The van der Waals surface area contributed by atoms with Crippen molar-refractivity contribution in [3.05, 3.63) is 34.9 Å². The van der Waals surface area contributed by atoms with Crippen LogP contribution in [-0.2, 0) is 19.0 Å². The average Bonchev–Trinajstić information content (AvgIpc) is 3.08. The van der Waals surface area contributed by atoms with E-state index in [0.717, 1.165) is 31.2 Å². The van der Waals surface area contributed by atoms with Crippen molar-refractivity contribution in [1.82, 2.24) is 0 Å². The van der Waals surface area contributed by atoms with Crippen LogP contribution in [-0.4, -0.2) is 25.0 Å². The van der Waals surface area contributed by atoms with Crippen molar-refractivity contribution in [3.63, 3.8) is 0 Å². The molecule has 0 unspecified atom stereocenters. The third kappa shape index (κ3) is 3.07. The molecule has 1 aromatic rings. The molecule has 0 aromatic heterocycles. The van der Waals surface area contributed by atoms with Crippen molar-refractivity contribution < 1.29 is 19.0 Å². The molecule has 4 nitrogen and oxygen atoms in total. The van der Waals surface area contributed by atoms with Gasteiger partial charge in [0.05, 0.1) is 12.7 Å². The fourth-order valence-electron chi connectivity index (χ4n) is 3.23. The molecular weight excluding hydrogens is 292 g/mol. The third-order valence-electron chi connectivity index (χ3n) is 4.21. The Bertz CT molecular complexity index is 499. The maximum absolute atomic E-state index is 10.3. The number of rotatable bonds is 5. The molecule has 114 valence electrons. The van der Waals surface area contributed by atoms with E-state index in [-0.39, 0.29) is 12.2 Å². The van der Waals surface area contributed by atoms with Gasteiger partial charge in [-0.2, -0.15) is 0 Å². The second-order valence-corrected chi connectivity index (χ2v) is 6.00. The Labute approximate surface area is 129 Å². The Morgan fingerprint density at radius 1 is 1.29 bits per heavy atom. The van der Waals surface area contributed by atoms with Crippen LogP contribution in [0.15, 0.2) is 24.3 Å². The molecule has 0 amide bonds. The molecule has 1 aliphatic carbocycles. The molecule has 0 bridgehead atoms. The molecule has 21 heavy (non-hydrogen) atoms. The quantitative estimate of drug-likeness (QED) is 0.615. The minimum absolute atomic E-state index is 0.136. The van der Waals surface area contributed by atoms with Crippen molar-refractivity contribution >= 4 is 18.1 Å². The van der Waals surface area contributed by atoms with Crippen LogP contribution in [0.2, 0.25) is 5.02 Å². The molecule has 2 aliphatic rings. The summed E-state index contributed by atoms with van der Waals surface area (Å²) in [6, 6.07) is 7.68. The minimum atomic E-state index is -0.477. The van der Waals surface area contributed by atoms with E-state index < -0.39 is 5.79 Å². The SMILES string of the molecule is O=COCC[C@H]1OC2(CCCC2)O[C@@H]1c1ccccc1Cl. The Morgan fingerprint density at radius 2 is 2.05 bits per heavy atom. The van der Waals surface area contributed by atoms with Crippen molar-refractivity contribution in [2.24, 2.45) is 0 Å². The van der Waals surface area contributed by atoms with E-state index in [9.17, 15) is 4.79 Å². The van der Waals surface area contributed by atoms with E-state index in [2.05, 4.69) is 0 Å². The molecule has 3 rings (SSSR count). The van der Waals surface area contributed by atoms with Crippen molar-refractivity contribution in [1.29, 1.82) is 0 Å². The molecular formula is C16H19ClO4. The van der Waals surface area contributed by atoms with Gasteiger partial charge in [0.15, 0.2) is 5.79 Å². The van der Waals surface area contributed by atoms with Crippen LogP contribution in [0.1, 0.15) is 43.8 Å². The lowest BCUT2D eigenvalue weighted by molar-refractivity contribution is -0.170. The summed E-state index contributed by atoms with van der Waals surface area (Å²) in [5.41, 5.74) is 0.944. The summed E-state index contributed by atoms with van der Waals surface area (Å²) in [7, 11) is 0. The fraction of sp³-hybridized carbons (Fsp3) is 0.562. The van der Waals surface area contributed by atoms with Crippen LogP contribution < -0.4 is 0 Å². The zero-order valence-electron chi connectivity index (χ0n) is 11.8. The number of halogens is 1. The highest BCUT2D eigenvalue weighted by Gasteiger charge is 2.49. The monoisotopic (exact) mass is 310 g/mol. The van der Waals surface area contributed by atoms with Gasteiger partial charge in [-0.15, -0.1) is 0 Å². The first-order valence-electron chi connectivity index (χ1n) is 7.39. The van der Waals surface area contributed by atoms with Gasteiger partial charge in [0, 0.05) is 29.8 Å². The van der Waals surface area contributed by atoms with Gasteiger partial charge in [0.2, 0.25) is 0 Å². The first-order valence-corrected chi connectivity index (χ1v) is 7.77. The van der Waals surface area contributed by atoms with E-state index >= 15 is 0 Å². The lowest BCUT2D eigenvalue weighted by Crippen LogP contribution is -2.26. The van der Waals surface area contributed by atoms with Gasteiger partial charge in [0.25, 0.3) is 6.47 Å². The van der Waals surface area contributed by atoms with Crippen LogP contribution in [0.25, 0.3) is 0 Å². The van der Waals surface area contributed by atoms with Crippen LogP contribution in [0.5, 0.6) is 0 Å². The van der Waals surface area contributed by atoms with Crippen molar-refractivity contribution in [2.75, 3.05) is 6.61 Å². The van der Waals surface area contributed by atoms with E-state index in [1.165, 1.54) is 0 Å². The van der Waals surface area contributed by atoms with Gasteiger partial charge >= 0.3 is 0 Å². The molecule has 1 aliphatic heterocycles.